The van der Waals surface area contributed by atoms with Crippen LogP contribution in [0.25, 0.3) is 0 Å². The molecule has 2 aromatic rings. The molecule has 3 nitrogen and oxygen atoms in total. The fourth-order valence-electron chi connectivity index (χ4n) is 3.13. The van der Waals surface area contributed by atoms with Crippen molar-refractivity contribution < 1.29 is 4.74 Å². The molecule has 3 heteroatoms. The summed E-state index contributed by atoms with van der Waals surface area (Å²) in [5.41, 5.74) is 11.9. The number of nitrogen functional groups attached to an aromatic ring is 1. The monoisotopic (exact) mass is 296 g/mol. The molecule has 1 aliphatic rings. The Morgan fingerprint density at radius 3 is 2.82 bits per heavy atom. The molecule has 0 bridgehead atoms. The maximum Gasteiger partial charge on any atom is 0.122 e. The van der Waals surface area contributed by atoms with Crippen molar-refractivity contribution in [3.63, 3.8) is 0 Å². The van der Waals surface area contributed by atoms with Gasteiger partial charge in [0.15, 0.2) is 0 Å². The summed E-state index contributed by atoms with van der Waals surface area (Å²) in [7, 11) is 0. The van der Waals surface area contributed by atoms with E-state index in [0.717, 1.165) is 30.9 Å². The molecule has 116 valence electrons. The lowest BCUT2D eigenvalue weighted by atomic mass is 10.0. The minimum Gasteiger partial charge on any atom is -0.491 e. The summed E-state index contributed by atoms with van der Waals surface area (Å²) in [6.45, 7) is 6.86. The van der Waals surface area contributed by atoms with E-state index in [9.17, 15) is 0 Å². The quantitative estimate of drug-likeness (QED) is 0.874. The van der Waals surface area contributed by atoms with Crippen LogP contribution in [0.1, 0.15) is 23.1 Å². The van der Waals surface area contributed by atoms with E-state index in [-0.39, 0.29) is 0 Å². The van der Waals surface area contributed by atoms with E-state index in [1.165, 1.54) is 28.8 Å². The van der Waals surface area contributed by atoms with Gasteiger partial charge in [0.2, 0.25) is 0 Å². The summed E-state index contributed by atoms with van der Waals surface area (Å²) in [4.78, 5) is 2.39. The average molecular weight is 296 g/mol. The lowest BCUT2D eigenvalue weighted by molar-refractivity contribution is 0.320. The van der Waals surface area contributed by atoms with E-state index in [0.29, 0.717) is 6.61 Å². The van der Waals surface area contributed by atoms with E-state index in [1.54, 1.807) is 0 Å². The van der Waals surface area contributed by atoms with Gasteiger partial charge < -0.3 is 15.4 Å². The highest BCUT2D eigenvalue weighted by Gasteiger charge is 2.16. The van der Waals surface area contributed by atoms with Gasteiger partial charge in [0.25, 0.3) is 0 Å². The van der Waals surface area contributed by atoms with Gasteiger partial charge in [0, 0.05) is 17.9 Å². The Morgan fingerprint density at radius 1 is 1.14 bits per heavy atom. The molecular weight excluding hydrogens is 272 g/mol. The molecule has 1 aliphatic heterocycles. The number of hydrogen-bond donors (Lipinski definition) is 1. The molecule has 22 heavy (non-hydrogen) atoms. The van der Waals surface area contributed by atoms with Crippen molar-refractivity contribution >= 4 is 11.4 Å². The number of nitrogens with zero attached hydrogens (tertiary/aromatic N) is 1. The number of benzene rings is 2. The van der Waals surface area contributed by atoms with Crippen LogP contribution in [-0.4, -0.2) is 19.7 Å². The molecule has 0 spiro atoms. The highest BCUT2D eigenvalue weighted by atomic mass is 16.5. The molecule has 0 aromatic heterocycles. The standard InChI is InChI=1S/C19H24N2O/c1-14-5-8-19(15(2)12-14)22-11-10-21-9-3-4-16-6-7-17(20)13-18(16)21/h5-8,12-13H,3-4,9-11,20H2,1-2H3. The van der Waals surface area contributed by atoms with Gasteiger partial charge in [-0.25, -0.2) is 0 Å². The number of hydrogen-bond acceptors (Lipinski definition) is 3. The van der Waals surface area contributed by atoms with Crippen LogP contribution in [0, 0.1) is 13.8 Å². The largest absolute Gasteiger partial charge is 0.491 e. The first kappa shape index (κ1) is 14.8. The van der Waals surface area contributed by atoms with Crippen LogP contribution < -0.4 is 15.4 Å². The second-order valence-corrected chi connectivity index (χ2v) is 6.10. The van der Waals surface area contributed by atoms with Gasteiger partial charge in [-0.2, -0.15) is 0 Å². The highest BCUT2D eigenvalue weighted by molar-refractivity contribution is 5.62. The molecule has 2 aromatic carbocycles. The summed E-state index contributed by atoms with van der Waals surface area (Å²) in [5, 5.41) is 0. The van der Waals surface area contributed by atoms with Gasteiger partial charge in [-0.05, 0) is 56.0 Å². The molecule has 0 fully saturated rings. The first-order valence-corrected chi connectivity index (χ1v) is 7.97. The van der Waals surface area contributed by atoms with Gasteiger partial charge >= 0.3 is 0 Å². The van der Waals surface area contributed by atoms with Crippen molar-refractivity contribution in [1.29, 1.82) is 0 Å². The number of ether oxygens (including phenoxy) is 1. The van der Waals surface area contributed by atoms with Crippen LogP contribution in [0.4, 0.5) is 11.4 Å². The summed E-state index contributed by atoms with van der Waals surface area (Å²) < 4.78 is 5.97. The molecular formula is C19H24N2O. The van der Waals surface area contributed by atoms with Gasteiger partial charge in [-0.3, -0.25) is 0 Å². The predicted octanol–water partition coefficient (Wildman–Crippen LogP) is 3.72. The van der Waals surface area contributed by atoms with Crippen molar-refractivity contribution in [3.8, 4) is 5.75 Å². The van der Waals surface area contributed by atoms with Gasteiger partial charge in [-0.1, -0.05) is 23.8 Å². The zero-order valence-corrected chi connectivity index (χ0v) is 13.4. The Balaban J connectivity index is 1.64. The van der Waals surface area contributed by atoms with E-state index in [4.69, 9.17) is 10.5 Å². The summed E-state index contributed by atoms with van der Waals surface area (Å²) in [6.07, 6.45) is 2.34. The van der Waals surface area contributed by atoms with Crippen molar-refractivity contribution in [2.45, 2.75) is 26.7 Å². The molecule has 3 rings (SSSR count). The van der Waals surface area contributed by atoms with E-state index < -0.39 is 0 Å². The zero-order valence-electron chi connectivity index (χ0n) is 13.4. The SMILES string of the molecule is Cc1ccc(OCCN2CCCc3ccc(N)cc32)c(C)c1. The first-order chi connectivity index (χ1) is 10.6. The van der Waals surface area contributed by atoms with Crippen molar-refractivity contribution in [1.82, 2.24) is 0 Å². The third-order valence-electron chi connectivity index (χ3n) is 4.27. The maximum absolute atomic E-state index is 5.97. The van der Waals surface area contributed by atoms with Crippen molar-refractivity contribution in [2.75, 3.05) is 30.3 Å². The van der Waals surface area contributed by atoms with Gasteiger partial charge in [0.1, 0.15) is 12.4 Å². The second-order valence-electron chi connectivity index (χ2n) is 6.10. The van der Waals surface area contributed by atoms with Crippen LogP contribution in [0.5, 0.6) is 5.75 Å². The molecule has 0 saturated heterocycles. The van der Waals surface area contributed by atoms with Crippen LogP contribution in [-0.2, 0) is 6.42 Å². The zero-order chi connectivity index (χ0) is 15.5. The smallest absolute Gasteiger partial charge is 0.122 e. The van der Waals surface area contributed by atoms with Crippen LogP contribution in [0.15, 0.2) is 36.4 Å². The molecule has 0 unspecified atom stereocenters. The lowest BCUT2D eigenvalue weighted by Gasteiger charge is -2.31. The maximum atomic E-state index is 5.97. The van der Waals surface area contributed by atoms with Gasteiger partial charge in [0.05, 0.1) is 6.54 Å². The number of fused-ring (bicyclic) bond motifs is 1. The molecule has 0 amide bonds. The Hall–Kier alpha value is -2.16. The molecule has 0 saturated carbocycles. The Morgan fingerprint density at radius 2 is 2.00 bits per heavy atom. The Kier molecular flexibility index (Phi) is 4.23. The fourth-order valence-corrected chi connectivity index (χ4v) is 3.13. The van der Waals surface area contributed by atoms with Gasteiger partial charge in [-0.15, -0.1) is 0 Å². The molecule has 0 radical (unpaired) electrons. The minimum atomic E-state index is 0.693. The summed E-state index contributed by atoms with van der Waals surface area (Å²) in [5.74, 6) is 0.982. The predicted molar refractivity (Wildman–Crippen MR) is 92.8 cm³/mol. The summed E-state index contributed by atoms with van der Waals surface area (Å²) >= 11 is 0. The highest BCUT2D eigenvalue weighted by Crippen LogP contribution is 2.29. The lowest BCUT2D eigenvalue weighted by Crippen LogP contribution is -2.33. The minimum absolute atomic E-state index is 0.693. The normalized spacial score (nSPS) is 13.8. The Labute approximate surface area is 132 Å². The van der Waals surface area contributed by atoms with Crippen molar-refractivity contribution in [3.05, 3.63) is 53.1 Å². The number of anilines is 2. The molecule has 1 heterocycles. The number of nitrogens with two attached hydrogens (primary N) is 1. The van der Waals surface area contributed by atoms with Crippen LogP contribution >= 0.6 is 0 Å². The first-order valence-electron chi connectivity index (χ1n) is 7.97. The average Bonchev–Trinajstić information content (AvgIpc) is 2.50. The number of aryl methyl sites for hydroxylation is 3. The van der Waals surface area contributed by atoms with Crippen LogP contribution in [0.3, 0.4) is 0 Å². The third-order valence-corrected chi connectivity index (χ3v) is 4.27. The van der Waals surface area contributed by atoms with E-state index in [2.05, 4.69) is 49.1 Å². The molecule has 2 N–H and O–H groups in total. The Bertz CT molecular complexity index is 666. The third kappa shape index (κ3) is 3.19. The van der Waals surface area contributed by atoms with E-state index in [1.807, 2.05) is 6.07 Å². The molecule has 0 atom stereocenters. The second kappa shape index (κ2) is 6.30. The summed E-state index contributed by atoms with van der Waals surface area (Å²) in [6, 6.07) is 12.6. The number of rotatable bonds is 4. The van der Waals surface area contributed by atoms with Crippen LogP contribution in [0.2, 0.25) is 0 Å². The fraction of sp³-hybridized carbons (Fsp3) is 0.368. The van der Waals surface area contributed by atoms with E-state index >= 15 is 0 Å². The molecule has 0 aliphatic carbocycles. The van der Waals surface area contributed by atoms with Crippen molar-refractivity contribution in [2.24, 2.45) is 0 Å². The topological polar surface area (TPSA) is 38.5 Å².